The van der Waals surface area contributed by atoms with Crippen molar-refractivity contribution in [3.8, 4) is 11.5 Å². The maximum absolute atomic E-state index is 12.7. The normalized spacial score (nSPS) is 35.0. The summed E-state index contributed by atoms with van der Waals surface area (Å²) >= 11 is 0. The third-order valence-corrected chi connectivity index (χ3v) is 9.07. The number of aromatic amines is 1. The number of ether oxygens (including phenoxy) is 1. The van der Waals surface area contributed by atoms with E-state index in [2.05, 4.69) is 34.1 Å². The number of phenolic OH excluding ortho intramolecular Hbond substituents is 1. The van der Waals surface area contributed by atoms with E-state index in [9.17, 15) is 10.2 Å². The van der Waals surface area contributed by atoms with Crippen molar-refractivity contribution in [1.82, 2.24) is 9.88 Å². The van der Waals surface area contributed by atoms with E-state index in [1.165, 1.54) is 29.4 Å². The number of nitrogens with one attached hydrogen (secondary N) is 1. The molecule has 3 aliphatic carbocycles. The number of aromatic nitrogens is 1. The Hall–Kier alpha value is -2.50. The van der Waals surface area contributed by atoms with E-state index in [4.69, 9.17) is 4.74 Å². The van der Waals surface area contributed by atoms with Crippen LogP contribution < -0.4 is 4.74 Å². The summed E-state index contributed by atoms with van der Waals surface area (Å²) in [6.45, 7) is 2.07. The number of hydrogen-bond acceptors (Lipinski definition) is 4. The third kappa shape index (κ3) is 1.84. The number of likely N-dealkylation sites (tertiary alicyclic amines) is 1. The second-order valence-electron chi connectivity index (χ2n) is 10.5. The summed E-state index contributed by atoms with van der Waals surface area (Å²) in [5.74, 6) is 1.58. The van der Waals surface area contributed by atoms with Gasteiger partial charge < -0.3 is 19.9 Å². The Morgan fingerprint density at radius 2 is 2.03 bits per heavy atom. The fourth-order valence-electron chi connectivity index (χ4n) is 7.57. The number of fused-ring (bicyclic) bond motifs is 4. The molecular weight excluding hydrogens is 388 g/mol. The van der Waals surface area contributed by atoms with Crippen molar-refractivity contribution in [2.24, 2.45) is 5.92 Å². The Morgan fingerprint density at radius 3 is 2.90 bits per heavy atom. The molecule has 5 nitrogen and oxygen atoms in total. The second kappa shape index (κ2) is 5.28. The van der Waals surface area contributed by atoms with E-state index in [0.29, 0.717) is 12.2 Å². The predicted molar refractivity (Wildman–Crippen MR) is 117 cm³/mol. The van der Waals surface area contributed by atoms with Crippen LogP contribution in [0.25, 0.3) is 10.9 Å². The van der Waals surface area contributed by atoms with E-state index in [1.54, 1.807) is 6.07 Å². The Morgan fingerprint density at radius 1 is 1.16 bits per heavy atom. The standard InChI is InChI=1S/C26H26N2O3/c29-19-8-7-15-11-20-26(30)12-17-16-3-1-2-4-18(16)27-22(17)24-25(26,21(15)23(19)31-24)9-10-28(20)13-14-5-6-14/h1-4,7-8,14,20,24,27,29-30H,5-6,9-13H2/t20-,24?,25+,26-/m0/s1. The Kier molecular flexibility index (Phi) is 2.91. The van der Waals surface area contributed by atoms with Crippen molar-refractivity contribution in [1.29, 1.82) is 0 Å². The van der Waals surface area contributed by atoms with E-state index >= 15 is 0 Å². The molecule has 1 unspecified atom stereocenters. The van der Waals surface area contributed by atoms with Crippen LogP contribution in [0.1, 0.15) is 47.8 Å². The molecule has 5 aliphatic rings. The number of piperidine rings is 1. The molecule has 1 saturated carbocycles. The van der Waals surface area contributed by atoms with Crippen LogP contribution in [0.5, 0.6) is 11.5 Å². The van der Waals surface area contributed by atoms with Crippen LogP contribution >= 0.6 is 0 Å². The molecular formula is C26H26N2O3. The van der Waals surface area contributed by atoms with E-state index in [1.807, 2.05) is 6.07 Å². The number of hydrogen-bond donors (Lipinski definition) is 3. The van der Waals surface area contributed by atoms with Crippen molar-refractivity contribution < 1.29 is 14.9 Å². The molecule has 3 N–H and O–H groups in total. The summed E-state index contributed by atoms with van der Waals surface area (Å²) in [7, 11) is 0. The van der Waals surface area contributed by atoms with Crippen LogP contribution in [-0.4, -0.2) is 44.8 Å². The highest BCUT2D eigenvalue weighted by atomic mass is 16.5. The smallest absolute Gasteiger partial charge is 0.166 e. The van der Waals surface area contributed by atoms with Crippen LogP contribution in [0.15, 0.2) is 36.4 Å². The summed E-state index contributed by atoms with van der Waals surface area (Å²) in [6.07, 6.45) is 4.66. The maximum Gasteiger partial charge on any atom is 0.166 e. The van der Waals surface area contributed by atoms with Crippen molar-refractivity contribution in [3.63, 3.8) is 0 Å². The first kappa shape index (κ1) is 17.1. The minimum Gasteiger partial charge on any atom is -0.504 e. The van der Waals surface area contributed by atoms with Gasteiger partial charge in [-0.15, -0.1) is 0 Å². The van der Waals surface area contributed by atoms with E-state index < -0.39 is 11.0 Å². The van der Waals surface area contributed by atoms with Gasteiger partial charge in [-0.1, -0.05) is 24.3 Å². The minimum atomic E-state index is -0.908. The molecule has 2 bridgehead atoms. The van der Waals surface area contributed by atoms with Crippen LogP contribution in [0.3, 0.4) is 0 Å². The lowest BCUT2D eigenvalue weighted by Gasteiger charge is -2.62. The molecule has 1 saturated heterocycles. The number of phenols is 1. The summed E-state index contributed by atoms with van der Waals surface area (Å²) in [4.78, 5) is 6.22. The average Bonchev–Trinajstić information content (AvgIpc) is 3.40. The summed E-state index contributed by atoms with van der Waals surface area (Å²) in [5.41, 5.74) is 4.27. The molecule has 31 heavy (non-hydrogen) atoms. The van der Waals surface area contributed by atoms with Gasteiger partial charge in [-0.05, 0) is 61.4 Å². The largest absolute Gasteiger partial charge is 0.504 e. The summed E-state index contributed by atoms with van der Waals surface area (Å²) in [6, 6.07) is 12.3. The molecule has 0 radical (unpaired) electrons. The minimum absolute atomic E-state index is 0.0813. The van der Waals surface area contributed by atoms with Gasteiger partial charge in [-0.3, -0.25) is 4.90 Å². The number of aromatic hydroxyl groups is 1. The second-order valence-corrected chi connectivity index (χ2v) is 10.5. The maximum atomic E-state index is 12.7. The molecule has 2 aliphatic heterocycles. The highest BCUT2D eigenvalue weighted by Crippen LogP contribution is 2.69. The topological polar surface area (TPSA) is 68.7 Å². The molecule has 3 aromatic rings. The molecule has 2 fully saturated rings. The van der Waals surface area contributed by atoms with Gasteiger partial charge in [0.1, 0.15) is 0 Å². The van der Waals surface area contributed by atoms with Gasteiger partial charge in [0.2, 0.25) is 0 Å². The number of aliphatic hydroxyl groups is 1. The van der Waals surface area contributed by atoms with E-state index in [-0.39, 0.29) is 17.9 Å². The van der Waals surface area contributed by atoms with Crippen LogP contribution in [0, 0.1) is 5.92 Å². The van der Waals surface area contributed by atoms with Crippen LogP contribution in [0.2, 0.25) is 0 Å². The number of para-hydroxylation sites is 1. The highest BCUT2D eigenvalue weighted by molar-refractivity contribution is 5.86. The van der Waals surface area contributed by atoms with Gasteiger partial charge in [0.05, 0.1) is 16.7 Å². The third-order valence-electron chi connectivity index (χ3n) is 9.07. The van der Waals surface area contributed by atoms with Crippen molar-refractivity contribution in [3.05, 3.63) is 58.8 Å². The Balaban J connectivity index is 1.43. The van der Waals surface area contributed by atoms with Gasteiger partial charge in [0.15, 0.2) is 17.6 Å². The molecule has 0 amide bonds. The number of benzene rings is 2. The quantitative estimate of drug-likeness (QED) is 0.600. The lowest BCUT2D eigenvalue weighted by Crippen LogP contribution is -2.74. The zero-order chi connectivity index (χ0) is 20.5. The fourth-order valence-corrected chi connectivity index (χ4v) is 7.57. The highest BCUT2D eigenvalue weighted by Gasteiger charge is 2.72. The first-order valence-corrected chi connectivity index (χ1v) is 11.7. The average molecular weight is 415 g/mol. The summed E-state index contributed by atoms with van der Waals surface area (Å²) in [5, 5.41) is 24.6. The molecule has 5 heteroatoms. The zero-order valence-electron chi connectivity index (χ0n) is 17.4. The van der Waals surface area contributed by atoms with Gasteiger partial charge >= 0.3 is 0 Å². The lowest BCUT2D eigenvalue weighted by atomic mass is 9.49. The summed E-state index contributed by atoms with van der Waals surface area (Å²) < 4.78 is 6.60. The molecule has 158 valence electrons. The van der Waals surface area contributed by atoms with Gasteiger partial charge in [0, 0.05) is 35.5 Å². The van der Waals surface area contributed by atoms with Crippen molar-refractivity contribution in [2.75, 3.05) is 13.1 Å². The van der Waals surface area contributed by atoms with Gasteiger partial charge in [-0.25, -0.2) is 0 Å². The molecule has 2 aromatic carbocycles. The first-order chi connectivity index (χ1) is 15.1. The fraction of sp³-hybridized carbons (Fsp3) is 0.462. The van der Waals surface area contributed by atoms with Gasteiger partial charge in [-0.2, -0.15) is 0 Å². The Bertz CT molecular complexity index is 1280. The molecule has 8 rings (SSSR count). The molecule has 1 spiro atoms. The molecule has 1 aromatic heterocycles. The van der Waals surface area contributed by atoms with Crippen LogP contribution in [0.4, 0.5) is 0 Å². The number of nitrogens with zero attached hydrogens (tertiary/aromatic N) is 1. The lowest BCUT2D eigenvalue weighted by molar-refractivity contribution is -0.173. The first-order valence-electron chi connectivity index (χ1n) is 11.7. The van der Waals surface area contributed by atoms with Crippen LogP contribution in [-0.2, 0) is 18.3 Å². The van der Waals surface area contributed by atoms with Crippen molar-refractivity contribution >= 4 is 10.9 Å². The number of H-pyrrole nitrogens is 1. The predicted octanol–water partition coefficient (Wildman–Crippen LogP) is 3.57. The zero-order valence-corrected chi connectivity index (χ0v) is 17.4. The number of rotatable bonds is 2. The molecule has 3 heterocycles. The van der Waals surface area contributed by atoms with Gasteiger partial charge in [0.25, 0.3) is 0 Å². The van der Waals surface area contributed by atoms with E-state index in [0.717, 1.165) is 48.6 Å². The van der Waals surface area contributed by atoms with Crippen molar-refractivity contribution in [2.45, 2.75) is 55.3 Å². The Labute approximate surface area is 180 Å². The monoisotopic (exact) mass is 414 g/mol. The SMILES string of the molecule is Oc1ccc2c3c1OC1c4[nH]c5ccccc5c4C[C@]4(O)[C@H](C2)N(CC2CC2)CC[C@@]314. The molecule has 4 atom stereocenters.